The van der Waals surface area contributed by atoms with E-state index in [1.54, 1.807) is 0 Å². The van der Waals surface area contributed by atoms with E-state index in [1.807, 2.05) is 12.4 Å². The Labute approximate surface area is 115 Å². The Morgan fingerprint density at radius 3 is 2.74 bits per heavy atom. The third kappa shape index (κ3) is 3.25. The van der Waals surface area contributed by atoms with Gasteiger partial charge in [0.05, 0.1) is 12.2 Å². The van der Waals surface area contributed by atoms with Crippen molar-refractivity contribution in [2.45, 2.75) is 51.5 Å². The number of pyridine rings is 1. The monoisotopic (exact) mass is 261 g/mol. The summed E-state index contributed by atoms with van der Waals surface area (Å²) < 4.78 is 5.81. The Morgan fingerprint density at radius 1 is 1.32 bits per heavy atom. The van der Waals surface area contributed by atoms with Crippen molar-refractivity contribution in [3.05, 3.63) is 24.0 Å². The van der Waals surface area contributed by atoms with Crippen molar-refractivity contribution in [1.82, 2.24) is 10.3 Å². The molecule has 3 rings (SSSR count). The molecule has 0 amide bonds. The van der Waals surface area contributed by atoms with Crippen LogP contribution >= 0.6 is 0 Å². The molecule has 2 aliphatic rings. The maximum Gasteiger partial charge on any atom is 0.0726 e. The van der Waals surface area contributed by atoms with Crippen molar-refractivity contribution in [3.8, 4) is 0 Å². The van der Waals surface area contributed by atoms with Crippen molar-refractivity contribution in [2.75, 3.05) is 18.0 Å². The lowest BCUT2D eigenvalue weighted by atomic mass is 10.1. The Hall–Kier alpha value is -1.13. The molecule has 0 aromatic carbocycles. The molecular formula is C15H23N3O. The first kappa shape index (κ1) is 12.9. The highest BCUT2D eigenvalue weighted by Gasteiger charge is 2.25. The van der Waals surface area contributed by atoms with Gasteiger partial charge in [0.25, 0.3) is 0 Å². The van der Waals surface area contributed by atoms with Gasteiger partial charge < -0.3 is 15.0 Å². The maximum atomic E-state index is 5.81. The highest BCUT2D eigenvalue weighted by Crippen LogP contribution is 2.25. The number of morpholine rings is 1. The predicted molar refractivity (Wildman–Crippen MR) is 76.3 cm³/mol. The van der Waals surface area contributed by atoms with E-state index in [2.05, 4.69) is 35.1 Å². The second-order valence-electron chi connectivity index (χ2n) is 5.82. The van der Waals surface area contributed by atoms with Gasteiger partial charge in [0, 0.05) is 49.3 Å². The summed E-state index contributed by atoms with van der Waals surface area (Å²) in [4.78, 5) is 6.71. The Bertz CT molecular complexity index is 423. The summed E-state index contributed by atoms with van der Waals surface area (Å²) in [6.07, 6.45) is 7.11. The Kier molecular flexibility index (Phi) is 3.71. The summed E-state index contributed by atoms with van der Waals surface area (Å²) in [5.74, 6) is 0. The molecule has 1 saturated carbocycles. The fraction of sp³-hybridized carbons (Fsp3) is 0.667. The second-order valence-corrected chi connectivity index (χ2v) is 5.82. The largest absolute Gasteiger partial charge is 0.372 e. The van der Waals surface area contributed by atoms with E-state index in [0.717, 1.165) is 25.7 Å². The van der Waals surface area contributed by atoms with Crippen LogP contribution in [0.4, 0.5) is 5.69 Å². The molecule has 0 radical (unpaired) electrons. The third-order valence-corrected chi connectivity index (χ3v) is 3.80. The summed E-state index contributed by atoms with van der Waals surface area (Å²) >= 11 is 0. The molecule has 1 aliphatic heterocycles. The fourth-order valence-corrected chi connectivity index (χ4v) is 2.78. The number of ether oxygens (including phenoxy) is 1. The Morgan fingerprint density at radius 2 is 2.05 bits per heavy atom. The van der Waals surface area contributed by atoms with Crippen LogP contribution in [0, 0.1) is 0 Å². The standard InChI is InChI=1S/C15H23N3O/c1-11-9-18(10-12(2)19-11)15-5-6-16-7-13(15)8-17-14-3-4-14/h5-7,11-12,14,17H,3-4,8-10H2,1-2H3/t11-,12+. The number of nitrogens with zero attached hydrogens (tertiary/aromatic N) is 2. The van der Waals surface area contributed by atoms with E-state index in [4.69, 9.17) is 4.74 Å². The van der Waals surface area contributed by atoms with Crippen molar-refractivity contribution in [3.63, 3.8) is 0 Å². The normalized spacial score (nSPS) is 27.6. The lowest BCUT2D eigenvalue weighted by Crippen LogP contribution is -2.46. The van der Waals surface area contributed by atoms with Crippen LogP contribution in [0.1, 0.15) is 32.3 Å². The van der Waals surface area contributed by atoms with Crippen LogP contribution in [0.25, 0.3) is 0 Å². The van der Waals surface area contributed by atoms with E-state index in [-0.39, 0.29) is 0 Å². The summed E-state index contributed by atoms with van der Waals surface area (Å²) in [5.41, 5.74) is 2.61. The Balaban J connectivity index is 1.74. The molecule has 1 saturated heterocycles. The van der Waals surface area contributed by atoms with Gasteiger partial charge in [-0.3, -0.25) is 4.98 Å². The minimum absolute atomic E-state index is 0.293. The number of nitrogens with one attached hydrogen (secondary N) is 1. The fourth-order valence-electron chi connectivity index (χ4n) is 2.78. The van der Waals surface area contributed by atoms with E-state index in [9.17, 15) is 0 Å². The summed E-state index contributed by atoms with van der Waals surface area (Å²) in [6.45, 7) is 7.14. The van der Waals surface area contributed by atoms with Gasteiger partial charge in [0.1, 0.15) is 0 Å². The average Bonchev–Trinajstić information content (AvgIpc) is 3.19. The topological polar surface area (TPSA) is 37.4 Å². The summed E-state index contributed by atoms with van der Waals surface area (Å²) in [5, 5.41) is 3.58. The minimum Gasteiger partial charge on any atom is -0.372 e. The van der Waals surface area contributed by atoms with E-state index < -0.39 is 0 Å². The first-order valence-corrected chi connectivity index (χ1v) is 7.29. The number of hydrogen-bond donors (Lipinski definition) is 1. The van der Waals surface area contributed by atoms with Gasteiger partial charge >= 0.3 is 0 Å². The average molecular weight is 261 g/mol. The molecular weight excluding hydrogens is 238 g/mol. The molecule has 0 spiro atoms. The van der Waals surface area contributed by atoms with Gasteiger partial charge in [0.2, 0.25) is 0 Å². The number of anilines is 1. The highest BCUT2D eigenvalue weighted by molar-refractivity contribution is 5.52. The van der Waals surface area contributed by atoms with Crippen LogP contribution in [-0.4, -0.2) is 36.3 Å². The molecule has 1 N–H and O–H groups in total. The third-order valence-electron chi connectivity index (χ3n) is 3.80. The molecule has 2 fully saturated rings. The van der Waals surface area contributed by atoms with E-state index in [0.29, 0.717) is 12.2 Å². The van der Waals surface area contributed by atoms with Crippen molar-refractivity contribution in [1.29, 1.82) is 0 Å². The van der Waals surface area contributed by atoms with Gasteiger partial charge in [-0.1, -0.05) is 0 Å². The molecule has 19 heavy (non-hydrogen) atoms. The quantitative estimate of drug-likeness (QED) is 0.899. The molecule has 4 heteroatoms. The van der Waals surface area contributed by atoms with Crippen LogP contribution < -0.4 is 10.2 Å². The maximum absolute atomic E-state index is 5.81. The lowest BCUT2D eigenvalue weighted by Gasteiger charge is -2.37. The SMILES string of the molecule is C[C@@H]1CN(c2ccncc2CNC2CC2)C[C@H](C)O1. The second kappa shape index (κ2) is 5.47. The zero-order chi connectivity index (χ0) is 13.2. The van der Waals surface area contributed by atoms with Crippen LogP contribution in [-0.2, 0) is 11.3 Å². The molecule has 2 heterocycles. The highest BCUT2D eigenvalue weighted by atomic mass is 16.5. The van der Waals surface area contributed by atoms with Crippen LogP contribution in [0.15, 0.2) is 18.5 Å². The summed E-state index contributed by atoms with van der Waals surface area (Å²) in [7, 11) is 0. The number of aromatic nitrogens is 1. The van der Waals surface area contributed by atoms with Gasteiger partial charge in [-0.25, -0.2) is 0 Å². The van der Waals surface area contributed by atoms with Crippen molar-refractivity contribution >= 4 is 5.69 Å². The molecule has 1 aromatic rings. The van der Waals surface area contributed by atoms with Crippen LogP contribution in [0.3, 0.4) is 0 Å². The van der Waals surface area contributed by atoms with Crippen LogP contribution in [0.5, 0.6) is 0 Å². The van der Waals surface area contributed by atoms with Crippen molar-refractivity contribution in [2.24, 2.45) is 0 Å². The minimum atomic E-state index is 0.293. The molecule has 1 aromatic heterocycles. The lowest BCUT2D eigenvalue weighted by molar-refractivity contribution is -0.00527. The molecule has 2 atom stereocenters. The molecule has 0 unspecified atom stereocenters. The molecule has 1 aliphatic carbocycles. The smallest absolute Gasteiger partial charge is 0.0726 e. The number of rotatable bonds is 4. The first-order valence-electron chi connectivity index (χ1n) is 7.29. The van der Waals surface area contributed by atoms with Gasteiger partial charge in [-0.2, -0.15) is 0 Å². The number of hydrogen-bond acceptors (Lipinski definition) is 4. The van der Waals surface area contributed by atoms with Crippen molar-refractivity contribution < 1.29 is 4.74 Å². The predicted octanol–water partition coefficient (Wildman–Crippen LogP) is 1.95. The van der Waals surface area contributed by atoms with Crippen LogP contribution in [0.2, 0.25) is 0 Å². The van der Waals surface area contributed by atoms with Gasteiger partial charge in [-0.15, -0.1) is 0 Å². The van der Waals surface area contributed by atoms with E-state index >= 15 is 0 Å². The van der Waals surface area contributed by atoms with Gasteiger partial charge in [0.15, 0.2) is 0 Å². The molecule has 0 bridgehead atoms. The molecule has 104 valence electrons. The van der Waals surface area contributed by atoms with E-state index in [1.165, 1.54) is 24.1 Å². The van der Waals surface area contributed by atoms with Gasteiger partial charge in [-0.05, 0) is 32.8 Å². The zero-order valence-corrected chi connectivity index (χ0v) is 11.8. The zero-order valence-electron chi connectivity index (χ0n) is 11.8. The molecule has 4 nitrogen and oxygen atoms in total. The first-order chi connectivity index (χ1) is 9.22. The summed E-state index contributed by atoms with van der Waals surface area (Å²) in [6, 6.07) is 2.87.